The Morgan fingerprint density at radius 3 is 2.65 bits per heavy atom. The summed E-state index contributed by atoms with van der Waals surface area (Å²) in [5.41, 5.74) is 0.894. The monoisotopic (exact) mass is 353 g/mol. The van der Waals surface area contributed by atoms with Crippen LogP contribution < -0.4 is 9.80 Å². The van der Waals surface area contributed by atoms with Crippen LogP contribution in [0.4, 0.5) is 17.3 Å². The highest BCUT2D eigenvalue weighted by atomic mass is 16.6. The van der Waals surface area contributed by atoms with E-state index in [0.29, 0.717) is 12.6 Å². The molecule has 1 aliphatic carbocycles. The molecule has 1 aromatic heterocycles. The molecule has 1 saturated carbocycles. The van der Waals surface area contributed by atoms with Gasteiger partial charge in [0, 0.05) is 36.8 Å². The minimum absolute atomic E-state index is 0.170. The molecule has 0 N–H and O–H groups in total. The summed E-state index contributed by atoms with van der Waals surface area (Å²) in [4.78, 5) is 24.5. The van der Waals surface area contributed by atoms with E-state index in [2.05, 4.69) is 19.8 Å². The van der Waals surface area contributed by atoms with Gasteiger partial charge in [0.25, 0.3) is 5.69 Å². The molecule has 2 heterocycles. The highest BCUT2D eigenvalue weighted by Gasteiger charge is 2.32. The maximum absolute atomic E-state index is 11.3. The summed E-state index contributed by atoms with van der Waals surface area (Å²) in [6.07, 6.45) is 7.49. The lowest BCUT2D eigenvalue weighted by Gasteiger charge is -2.29. The van der Waals surface area contributed by atoms with Crippen LogP contribution >= 0.6 is 0 Å². The maximum Gasteiger partial charge on any atom is 0.274 e. The second kappa shape index (κ2) is 7.27. The molecule has 26 heavy (non-hydrogen) atoms. The molecule has 2 aliphatic rings. The summed E-state index contributed by atoms with van der Waals surface area (Å²) in [7, 11) is 0. The summed E-state index contributed by atoms with van der Waals surface area (Å²) in [6.45, 7) is 2.56. The fraction of sp³-hybridized carbons (Fsp3) is 0.474. The number of hydrogen-bond donors (Lipinski definition) is 0. The van der Waals surface area contributed by atoms with Crippen LogP contribution in [0.15, 0.2) is 36.7 Å². The molecule has 7 heteroatoms. The highest BCUT2D eigenvalue weighted by molar-refractivity contribution is 5.53. The number of hydrogen-bond acceptors (Lipinski definition) is 6. The minimum atomic E-state index is -0.306. The molecule has 1 aromatic carbocycles. The number of nitro groups is 1. The quantitative estimate of drug-likeness (QED) is 0.584. The Morgan fingerprint density at radius 1 is 1.15 bits per heavy atom. The molecule has 136 valence electrons. The van der Waals surface area contributed by atoms with Gasteiger partial charge in [-0.25, -0.2) is 9.97 Å². The van der Waals surface area contributed by atoms with E-state index in [1.165, 1.54) is 19.3 Å². The molecular weight excluding hydrogens is 330 g/mol. The van der Waals surface area contributed by atoms with Gasteiger partial charge >= 0.3 is 0 Å². The van der Waals surface area contributed by atoms with Gasteiger partial charge in [0.15, 0.2) is 0 Å². The van der Waals surface area contributed by atoms with Crippen LogP contribution in [0.25, 0.3) is 0 Å². The zero-order valence-electron chi connectivity index (χ0n) is 14.8. The predicted molar refractivity (Wildman–Crippen MR) is 100 cm³/mol. The summed E-state index contributed by atoms with van der Waals surface area (Å²) < 4.78 is 0. The molecule has 0 spiro atoms. The van der Waals surface area contributed by atoms with E-state index in [-0.39, 0.29) is 10.6 Å². The first-order valence-corrected chi connectivity index (χ1v) is 9.28. The van der Waals surface area contributed by atoms with Gasteiger partial charge < -0.3 is 9.80 Å². The molecule has 4 rings (SSSR count). The molecule has 1 saturated heterocycles. The molecule has 0 bridgehead atoms. The summed E-state index contributed by atoms with van der Waals surface area (Å²) in [5.74, 6) is 1.82. The van der Waals surface area contributed by atoms with Gasteiger partial charge in [-0.15, -0.1) is 0 Å². The molecule has 2 aromatic rings. The van der Waals surface area contributed by atoms with E-state index < -0.39 is 0 Å². The minimum Gasteiger partial charge on any atom is -0.356 e. The van der Waals surface area contributed by atoms with Gasteiger partial charge in [-0.05, 0) is 32.1 Å². The molecule has 0 radical (unpaired) electrons. The van der Waals surface area contributed by atoms with Gasteiger partial charge in [0.05, 0.1) is 11.5 Å². The molecule has 2 fully saturated rings. The first kappa shape index (κ1) is 16.8. The third-order valence-corrected chi connectivity index (χ3v) is 5.13. The number of rotatable bonds is 6. The van der Waals surface area contributed by atoms with Crippen molar-refractivity contribution in [3.05, 3.63) is 52.3 Å². The Balaban J connectivity index is 1.60. The molecule has 1 aliphatic heterocycles. The van der Waals surface area contributed by atoms with E-state index in [1.807, 2.05) is 18.2 Å². The first-order valence-electron chi connectivity index (χ1n) is 9.28. The summed E-state index contributed by atoms with van der Waals surface area (Å²) in [6, 6.07) is 9.41. The Labute approximate surface area is 152 Å². The number of para-hydroxylation sites is 1. The lowest BCUT2D eigenvalue weighted by atomic mass is 10.1. The first-order chi connectivity index (χ1) is 12.7. The summed E-state index contributed by atoms with van der Waals surface area (Å²) >= 11 is 0. The summed E-state index contributed by atoms with van der Waals surface area (Å²) in [5, 5.41) is 11.3. The zero-order valence-corrected chi connectivity index (χ0v) is 14.8. The van der Waals surface area contributed by atoms with Gasteiger partial charge in [0.1, 0.15) is 18.0 Å². The van der Waals surface area contributed by atoms with Crippen LogP contribution in [0.2, 0.25) is 0 Å². The van der Waals surface area contributed by atoms with Crippen molar-refractivity contribution in [3.8, 4) is 0 Å². The number of nitro benzene ring substituents is 1. The van der Waals surface area contributed by atoms with Crippen molar-refractivity contribution in [1.82, 2.24) is 9.97 Å². The van der Waals surface area contributed by atoms with Crippen LogP contribution in [0.5, 0.6) is 0 Å². The third-order valence-electron chi connectivity index (χ3n) is 5.13. The second-order valence-corrected chi connectivity index (χ2v) is 7.03. The van der Waals surface area contributed by atoms with E-state index in [9.17, 15) is 10.1 Å². The fourth-order valence-electron chi connectivity index (χ4n) is 3.58. The standard InChI is InChI=1S/C19H23N5O2/c25-24(26)17-7-3-2-6-15(17)13-23(16-8-9-16)19-12-18(20-14-21-19)22-10-4-1-5-11-22/h2-3,6-7,12,14,16H,1,4-5,8-11,13H2. The van der Waals surface area contributed by atoms with Crippen molar-refractivity contribution in [1.29, 1.82) is 0 Å². The number of benzene rings is 1. The number of aromatic nitrogens is 2. The molecule has 7 nitrogen and oxygen atoms in total. The van der Waals surface area contributed by atoms with Crippen molar-refractivity contribution in [3.63, 3.8) is 0 Å². The van der Waals surface area contributed by atoms with Crippen LogP contribution in [-0.4, -0.2) is 34.0 Å². The lowest BCUT2D eigenvalue weighted by Crippen LogP contribution is -2.31. The SMILES string of the molecule is O=[N+]([O-])c1ccccc1CN(c1cc(N2CCCCC2)ncn1)C1CC1. The lowest BCUT2D eigenvalue weighted by molar-refractivity contribution is -0.385. The molecule has 0 amide bonds. The maximum atomic E-state index is 11.3. The average Bonchev–Trinajstić information content (AvgIpc) is 3.52. The predicted octanol–water partition coefficient (Wildman–Crippen LogP) is 3.54. The van der Waals surface area contributed by atoms with Crippen LogP contribution in [-0.2, 0) is 6.54 Å². The van der Waals surface area contributed by atoms with Gasteiger partial charge in [-0.1, -0.05) is 18.2 Å². The van der Waals surface area contributed by atoms with Crippen molar-refractivity contribution >= 4 is 17.3 Å². The molecule has 0 atom stereocenters. The van der Waals surface area contributed by atoms with Crippen LogP contribution in [0.1, 0.15) is 37.7 Å². The van der Waals surface area contributed by atoms with Gasteiger partial charge in [-0.3, -0.25) is 10.1 Å². The van der Waals surface area contributed by atoms with Gasteiger partial charge in [-0.2, -0.15) is 0 Å². The molecule has 0 unspecified atom stereocenters. The van der Waals surface area contributed by atoms with E-state index >= 15 is 0 Å². The van der Waals surface area contributed by atoms with Crippen molar-refractivity contribution < 1.29 is 4.92 Å². The average molecular weight is 353 g/mol. The Hall–Kier alpha value is -2.70. The smallest absolute Gasteiger partial charge is 0.274 e. The Morgan fingerprint density at radius 2 is 1.92 bits per heavy atom. The fourth-order valence-corrected chi connectivity index (χ4v) is 3.58. The third kappa shape index (κ3) is 3.61. The van der Waals surface area contributed by atoms with E-state index in [0.717, 1.165) is 43.1 Å². The number of piperidine rings is 1. The second-order valence-electron chi connectivity index (χ2n) is 7.03. The molecular formula is C19H23N5O2. The van der Waals surface area contributed by atoms with E-state index in [4.69, 9.17) is 0 Å². The number of nitrogens with zero attached hydrogens (tertiary/aromatic N) is 5. The highest BCUT2D eigenvalue weighted by Crippen LogP contribution is 2.34. The van der Waals surface area contributed by atoms with Crippen LogP contribution in [0.3, 0.4) is 0 Å². The normalized spacial score (nSPS) is 17.2. The van der Waals surface area contributed by atoms with Crippen molar-refractivity contribution in [2.75, 3.05) is 22.9 Å². The van der Waals surface area contributed by atoms with Crippen molar-refractivity contribution in [2.24, 2.45) is 0 Å². The van der Waals surface area contributed by atoms with Crippen LogP contribution in [0, 0.1) is 10.1 Å². The topological polar surface area (TPSA) is 75.4 Å². The largest absolute Gasteiger partial charge is 0.356 e. The van der Waals surface area contributed by atoms with E-state index in [1.54, 1.807) is 18.5 Å². The number of anilines is 2. The Kier molecular flexibility index (Phi) is 4.69. The van der Waals surface area contributed by atoms with Gasteiger partial charge in [0.2, 0.25) is 0 Å². The van der Waals surface area contributed by atoms with Crippen molar-refractivity contribution in [2.45, 2.75) is 44.7 Å². The zero-order chi connectivity index (χ0) is 17.9. The Bertz CT molecular complexity index is 787.